The van der Waals surface area contributed by atoms with Crippen LogP contribution in [0.2, 0.25) is 0 Å². The monoisotopic (exact) mass is 469 g/mol. The molecule has 2 rings (SSSR count). The Balaban J connectivity index is 2.00. The van der Waals surface area contributed by atoms with E-state index in [-0.39, 0.29) is 30.1 Å². The molecule has 0 heterocycles. The molecule has 0 saturated carbocycles. The predicted molar refractivity (Wildman–Crippen MR) is 134 cm³/mol. The first-order chi connectivity index (χ1) is 15.7. The van der Waals surface area contributed by atoms with Crippen LogP contribution in [-0.2, 0) is 20.9 Å². The Morgan fingerprint density at radius 1 is 0.941 bits per heavy atom. The van der Waals surface area contributed by atoms with Crippen molar-refractivity contribution in [3.05, 3.63) is 65.2 Å². The lowest BCUT2D eigenvalue weighted by molar-refractivity contribution is -0.157. The minimum absolute atomic E-state index is 0.133. The van der Waals surface area contributed by atoms with Crippen molar-refractivity contribution < 1.29 is 23.8 Å². The Morgan fingerprint density at radius 2 is 1.56 bits per heavy atom. The Labute approximate surface area is 203 Å². The molecule has 0 amide bonds. The van der Waals surface area contributed by atoms with E-state index in [9.17, 15) is 9.59 Å². The molecule has 0 aromatic heterocycles. The normalized spacial score (nSPS) is 12.9. The summed E-state index contributed by atoms with van der Waals surface area (Å²) in [5.41, 5.74) is 7.78. The smallest absolute Gasteiger partial charge is 0.344 e. The van der Waals surface area contributed by atoms with E-state index in [0.717, 1.165) is 12.0 Å². The van der Waals surface area contributed by atoms with Gasteiger partial charge in [-0.1, -0.05) is 50.2 Å². The first-order valence-electron chi connectivity index (χ1n) is 11.7. The molecule has 1 atom stereocenters. The van der Waals surface area contributed by atoms with Gasteiger partial charge in [-0.3, -0.25) is 0 Å². The van der Waals surface area contributed by atoms with Gasteiger partial charge in [-0.2, -0.15) is 0 Å². The quantitative estimate of drug-likeness (QED) is 0.454. The standard InChI is InChI=1S/C28H39NO5/c1-19(2)23(16-28(6,7)29)21-14-12-20(13-15-21)17-33-26(31)22-10-8-9-11-24(22)32-18-25(30)34-27(3,4)5/h8-15,19,23H,16-18,29H2,1-7H3. The SMILES string of the molecule is CC(C)C(CC(C)(C)N)c1ccc(COC(=O)c2ccccc2OCC(=O)OC(C)(C)C)cc1. The molecule has 0 spiro atoms. The van der Waals surface area contributed by atoms with Gasteiger partial charge >= 0.3 is 11.9 Å². The molecule has 0 aliphatic rings. The highest BCUT2D eigenvalue weighted by molar-refractivity contribution is 5.92. The van der Waals surface area contributed by atoms with Crippen LogP contribution < -0.4 is 10.5 Å². The van der Waals surface area contributed by atoms with Gasteiger partial charge in [0.25, 0.3) is 0 Å². The van der Waals surface area contributed by atoms with Crippen molar-refractivity contribution in [3.63, 3.8) is 0 Å². The van der Waals surface area contributed by atoms with Gasteiger partial charge in [-0.25, -0.2) is 9.59 Å². The number of hydrogen-bond acceptors (Lipinski definition) is 6. The Kier molecular flexibility index (Phi) is 9.28. The maximum Gasteiger partial charge on any atom is 0.344 e. The second-order valence-corrected chi connectivity index (χ2v) is 10.7. The summed E-state index contributed by atoms with van der Waals surface area (Å²) in [6.45, 7) is 13.7. The number of hydrogen-bond donors (Lipinski definition) is 1. The van der Waals surface area contributed by atoms with Gasteiger partial charge in [0.1, 0.15) is 23.5 Å². The number of ether oxygens (including phenoxy) is 3. The highest BCUT2D eigenvalue weighted by Gasteiger charge is 2.23. The second kappa shape index (κ2) is 11.5. The van der Waals surface area contributed by atoms with Crippen molar-refractivity contribution in [2.24, 2.45) is 11.7 Å². The van der Waals surface area contributed by atoms with Gasteiger partial charge in [0, 0.05) is 5.54 Å². The average molecular weight is 470 g/mol. The van der Waals surface area contributed by atoms with Crippen molar-refractivity contribution in [1.29, 1.82) is 0 Å². The van der Waals surface area contributed by atoms with Gasteiger partial charge in [-0.15, -0.1) is 0 Å². The highest BCUT2D eigenvalue weighted by Crippen LogP contribution is 2.32. The number of nitrogens with two attached hydrogens (primary N) is 1. The number of carbonyl (C=O) groups is 2. The van der Waals surface area contributed by atoms with Gasteiger partial charge in [0.05, 0.1) is 0 Å². The number of rotatable bonds is 10. The highest BCUT2D eigenvalue weighted by atomic mass is 16.6. The molecule has 2 aromatic carbocycles. The van der Waals surface area contributed by atoms with E-state index in [4.69, 9.17) is 19.9 Å². The number of para-hydroxylation sites is 1. The van der Waals surface area contributed by atoms with E-state index in [1.165, 1.54) is 5.56 Å². The molecule has 2 aromatic rings. The molecular weight excluding hydrogens is 430 g/mol. The molecule has 0 fully saturated rings. The molecule has 0 saturated heterocycles. The van der Waals surface area contributed by atoms with E-state index in [1.807, 2.05) is 26.0 Å². The zero-order valence-corrected chi connectivity index (χ0v) is 21.5. The Hall–Kier alpha value is -2.86. The molecule has 0 aliphatic heterocycles. The summed E-state index contributed by atoms with van der Waals surface area (Å²) >= 11 is 0. The molecule has 1 unspecified atom stereocenters. The van der Waals surface area contributed by atoms with Gasteiger partial charge in [0.2, 0.25) is 0 Å². The summed E-state index contributed by atoms with van der Waals surface area (Å²) in [6.07, 6.45) is 0.888. The van der Waals surface area contributed by atoms with Gasteiger partial charge in [0.15, 0.2) is 6.61 Å². The van der Waals surface area contributed by atoms with Crippen LogP contribution in [0, 0.1) is 5.92 Å². The number of carbonyl (C=O) groups excluding carboxylic acids is 2. The van der Waals surface area contributed by atoms with Crippen LogP contribution in [-0.4, -0.2) is 29.7 Å². The molecule has 6 heteroatoms. The molecule has 186 valence electrons. The van der Waals surface area contributed by atoms with Crippen LogP contribution in [0.4, 0.5) is 0 Å². The molecule has 2 N–H and O–H groups in total. The molecular formula is C28H39NO5. The topological polar surface area (TPSA) is 87.9 Å². The van der Waals surface area contributed by atoms with E-state index in [1.54, 1.807) is 45.0 Å². The van der Waals surface area contributed by atoms with E-state index in [2.05, 4.69) is 26.0 Å². The second-order valence-electron chi connectivity index (χ2n) is 10.7. The van der Waals surface area contributed by atoms with Crippen LogP contribution in [0.15, 0.2) is 48.5 Å². The molecule has 0 radical (unpaired) electrons. The summed E-state index contributed by atoms with van der Waals surface area (Å²) < 4.78 is 16.3. The van der Waals surface area contributed by atoms with E-state index in [0.29, 0.717) is 11.8 Å². The lowest BCUT2D eigenvalue weighted by Gasteiger charge is -2.29. The third-order valence-corrected chi connectivity index (χ3v) is 5.20. The third kappa shape index (κ3) is 9.18. The number of esters is 2. The maximum atomic E-state index is 12.7. The van der Waals surface area contributed by atoms with Gasteiger partial charge in [-0.05, 0) is 76.1 Å². The molecule has 0 bridgehead atoms. The Bertz CT molecular complexity index is 952. The largest absolute Gasteiger partial charge is 0.481 e. The third-order valence-electron chi connectivity index (χ3n) is 5.20. The summed E-state index contributed by atoms with van der Waals surface area (Å²) in [5.74, 6) is 0.0643. The summed E-state index contributed by atoms with van der Waals surface area (Å²) in [6, 6.07) is 14.8. The fourth-order valence-electron chi connectivity index (χ4n) is 3.66. The Morgan fingerprint density at radius 3 is 2.12 bits per heavy atom. The summed E-state index contributed by atoms with van der Waals surface area (Å²) in [7, 11) is 0. The van der Waals surface area contributed by atoms with Crippen LogP contribution in [0.5, 0.6) is 5.75 Å². The van der Waals surface area contributed by atoms with Crippen molar-refractivity contribution >= 4 is 11.9 Å². The fourth-order valence-corrected chi connectivity index (χ4v) is 3.66. The van der Waals surface area contributed by atoms with Crippen LogP contribution in [0.1, 0.15) is 82.3 Å². The van der Waals surface area contributed by atoms with Crippen LogP contribution >= 0.6 is 0 Å². The fraction of sp³-hybridized carbons (Fsp3) is 0.500. The lowest BCUT2D eigenvalue weighted by atomic mass is 9.79. The van der Waals surface area contributed by atoms with Crippen molar-refractivity contribution in [1.82, 2.24) is 0 Å². The minimum atomic E-state index is -0.607. The maximum absolute atomic E-state index is 12.7. The summed E-state index contributed by atoms with van der Waals surface area (Å²) in [4.78, 5) is 24.6. The van der Waals surface area contributed by atoms with Gasteiger partial charge < -0.3 is 19.9 Å². The molecule has 6 nitrogen and oxygen atoms in total. The van der Waals surface area contributed by atoms with Crippen LogP contribution in [0.3, 0.4) is 0 Å². The van der Waals surface area contributed by atoms with Crippen molar-refractivity contribution in [3.8, 4) is 5.75 Å². The minimum Gasteiger partial charge on any atom is -0.481 e. The summed E-state index contributed by atoms with van der Waals surface area (Å²) in [5, 5.41) is 0. The predicted octanol–water partition coefficient (Wildman–Crippen LogP) is 5.63. The van der Waals surface area contributed by atoms with E-state index >= 15 is 0 Å². The zero-order chi connectivity index (χ0) is 25.5. The first-order valence-corrected chi connectivity index (χ1v) is 11.7. The van der Waals surface area contributed by atoms with Crippen LogP contribution in [0.25, 0.3) is 0 Å². The lowest BCUT2D eigenvalue weighted by Crippen LogP contribution is -2.35. The first kappa shape index (κ1) is 27.4. The molecule has 0 aliphatic carbocycles. The van der Waals surface area contributed by atoms with Crippen molar-refractivity contribution in [2.75, 3.05) is 6.61 Å². The number of benzene rings is 2. The van der Waals surface area contributed by atoms with Crippen molar-refractivity contribution in [2.45, 2.75) is 78.6 Å². The zero-order valence-electron chi connectivity index (χ0n) is 21.5. The molecule has 34 heavy (non-hydrogen) atoms. The van der Waals surface area contributed by atoms with E-state index < -0.39 is 17.5 Å². The average Bonchev–Trinajstić information content (AvgIpc) is 2.73.